The van der Waals surface area contributed by atoms with Crippen molar-refractivity contribution in [2.45, 2.75) is 11.1 Å². The number of hydrogen-bond acceptors (Lipinski definition) is 8. The second-order valence-electron chi connectivity index (χ2n) is 6.72. The average Bonchev–Trinajstić information content (AvgIpc) is 3.15. The molecule has 8 nitrogen and oxygen atoms in total. The van der Waals surface area contributed by atoms with Gasteiger partial charge in [0.05, 0.1) is 17.0 Å². The molecular formula is C17H22BrN5O3S2. The van der Waals surface area contributed by atoms with Crippen LogP contribution >= 0.6 is 27.3 Å². The quantitative estimate of drug-likeness (QED) is 0.651. The van der Waals surface area contributed by atoms with E-state index in [0.717, 1.165) is 34.3 Å². The first-order valence-corrected chi connectivity index (χ1v) is 12.2. The molecule has 28 heavy (non-hydrogen) atoms. The second-order valence-corrected chi connectivity index (χ2v) is 11.3. The molecule has 0 amide bonds. The molecule has 2 fully saturated rings. The summed E-state index contributed by atoms with van der Waals surface area (Å²) in [5, 5.41) is 0. The van der Waals surface area contributed by atoms with Gasteiger partial charge in [0.25, 0.3) is 10.0 Å². The number of halogens is 1. The molecule has 152 valence electrons. The zero-order valence-electron chi connectivity index (χ0n) is 15.5. The zero-order chi connectivity index (χ0) is 19.7. The molecule has 0 aromatic carbocycles. The normalized spacial score (nSPS) is 19.2. The van der Waals surface area contributed by atoms with E-state index in [0.29, 0.717) is 43.6 Å². The van der Waals surface area contributed by atoms with Crippen LogP contribution in [0.5, 0.6) is 0 Å². The maximum Gasteiger partial charge on any atom is 0.252 e. The summed E-state index contributed by atoms with van der Waals surface area (Å²) in [6.07, 6.45) is 0. The van der Waals surface area contributed by atoms with Gasteiger partial charge in [0.2, 0.25) is 5.95 Å². The van der Waals surface area contributed by atoms with Gasteiger partial charge < -0.3 is 14.5 Å². The topological polar surface area (TPSA) is 78.9 Å². The van der Waals surface area contributed by atoms with Crippen LogP contribution in [0.1, 0.15) is 5.69 Å². The number of thiophene rings is 1. The van der Waals surface area contributed by atoms with Crippen molar-refractivity contribution in [2.24, 2.45) is 0 Å². The molecule has 0 saturated carbocycles. The van der Waals surface area contributed by atoms with Gasteiger partial charge in [-0.3, -0.25) is 0 Å². The molecule has 0 spiro atoms. The first-order chi connectivity index (χ1) is 13.4. The SMILES string of the molecule is Cc1cc(N2CCN(S(=O)(=O)c3ccc(Br)s3)CC2)nc(N2CCOCC2)n1. The minimum absolute atomic E-state index is 0.375. The molecule has 0 bridgehead atoms. The molecule has 2 aliphatic rings. The molecule has 0 aliphatic carbocycles. The van der Waals surface area contributed by atoms with Gasteiger partial charge in [0, 0.05) is 51.0 Å². The highest BCUT2D eigenvalue weighted by Gasteiger charge is 2.30. The van der Waals surface area contributed by atoms with Gasteiger partial charge >= 0.3 is 0 Å². The van der Waals surface area contributed by atoms with E-state index in [1.54, 1.807) is 16.4 Å². The third-order valence-corrected chi connectivity index (χ3v) is 8.82. The maximum absolute atomic E-state index is 12.8. The lowest BCUT2D eigenvalue weighted by Crippen LogP contribution is -2.49. The van der Waals surface area contributed by atoms with E-state index < -0.39 is 10.0 Å². The molecule has 2 aromatic rings. The Hall–Kier alpha value is -1.27. The van der Waals surface area contributed by atoms with Crippen molar-refractivity contribution in [3.8, 4) is 0 Å². The van der Waals surface area contributed by atoms with Gasteiger partial charge in [-0.25, -0.2) is 13.4 Å². The Labute approximate surface area is 177 Å². The van der Waals surface area contributed by atoms with Crippen molar-refractivity contribution in [1.29, 1.82) is 0 Å². The molecule has 0 atom stereocenters. The fourth-order valence-corrected chi connectivity index (χ4v) is 6.91. The number of ether oxygens (including phenoxy) is 1. The van der Waals surface area contributed by atoms with Crippen LogP contribution in [-0.2, 0) is 14.8 Å². The summed E-state index contributed by atoms with van der Waals surface area (Å²) in [5.41, 5.74) is 0.907. The molecule has 4 heterocycles. The van der Waals surface area contributed by atoms with Crippen LogP contribution in [0.2, 0.25) is 0 Å². The highest BCUT2D eigenvalue weighted by atomic mass is 79.9. The third kappa shape index (κ3) is 4.18. The van der Waals surface area contributed by atoms with Crippen LogP contribution in [0.3, 0.4) is 0 Å². The summed E-state index contributed by atoms with van der Waals surface area (Å²) in [6, 6.07) is 5.38. The van der Waals surface area contributed by atoms with Gasteiger partial charge in [-0.15, -0.1) is 11.3 Å². The van der Waals surface area contributed by atoms with Crippen molar-refractivity contribution >= 4 is 49.1 Å². The number of aryl methyl sites for hydroxylation is 1. The number of sulfonamides is 1. The molecule has 2 aromatic heterocycles. The van der Waals surface area contributed by atoms with Crippen LogP contribution < -0.4 is 9.80 Å². The molecule has 0 N–H and O–H groups in total. The van der Waals surface area contributed by atoms with Crippen LogP contribution in [0.4, 0.5) is 11.8 Å². The van der Waals surface area contributed by atoms with Crippen LogP contribution in [0.25, 0.3) is 0 Å². The van der Waals surface area contributed by atoms with Crippen molar-refractivity contribution in [3.05, 3.63) is 27.7 Å². The number of piperazine rings is 1. The summed E-state index contributed by atoms with van der Waals surface area (Å²) in [4.78, 5) is 13.6. The van der Waals surface area contributed by atoms with Gasteiger partial charge in [-0.2, -0.15) is 9.29 Å². The second kappa shape index (κ2) is 8.23. The Bertz CT molecular complexity index is 938. The number of aromatic nitrogens is 2. The summed E-state index contributed by atoms with van der Waals surface area (Å²) in [7, 11) is -3.44. The summed E-state index contributed by atoms with van der Waals surface area (Å²) in [5.74, 6) is 1.57. The summed E-state index contributed by atoms with van der Waals surface area (Å²) in [6.45, 7) is 6.97. The number of nitrogens with zero attached hydrogens (tertiary/aromatic N) is 5. The van der Waals surface area contributed by atoms with E-state index >= 15 is 0 Å². The number of anilines is 2. The van der Waals surface area contributed by atoms with Gasteiger partial charge in [-0.1, -0.05) is 0 Å². The molecular weight excluding hydrogens is 466 g/mol. The first kappa shape index (κ1) is 20.0. The smallest absolute Gasteiger partial charge is 0.252 e. The first-order valence-electron chi connectivity index (χ1n) is 9.12. The monoisotopic (exact) mass is 487 g/mol. The zero-order valence-corrected chi connectivity index (χ0v) is 18.8. The van der Waals surface area contributed by atoms with Crippen molar-refractivity contribution in [3.63, 3.8) is 0 Å². The van der Waals surface area contributed by atoms with E-state index in [4.69, 9.17) is 9.72 Å². The van der Waals surface area contributed by atoms with Gasteiger partial charge in [0.15, 0.2) is 0 Å². The molecule has 2 saturated heterocycles. The Morgan fingerprint density at radius 2 is 1.75 bits per heavy atom. The molecule has 11 heteroatoms. The molecule has 0 unspecified atom stereocenters. The van der Waals surface area contributed by atoms with Gasteiger partial charge in [-0.05, 0) is 35.0 Å². The van der Waals surface area contributed by atoms with E-state index in [-0.39, 0.29) is 0 Å². The molecule has 4 rings (SSSR count). The van der Waals surface area contributed by atoms with Crippen molar-refractivity contribution < 1.29 is 13.2 Å². The minimum Gasteiger partial charge on any atom is -0.378 e. The molecule has 0 radical (unpaired) electrons. The Balaban J connectivity index is 1.47. The van der Waals surface area contributed by atoms with Crippen molar-refractivity contribution in [2.75, 3.05) is 62.3 Å². The van der Waals surface area contributed by atoms with Crippen molar-refractivity contribution in [1.82, 2.24) is 14.3 Å². The van der Waals surface area contributed by atoms with E-state index in [1.165, 1.54) is 11.3 Å². The summed E-state index contributed by atoms with van der Waals surface area (Å²) < 4.78 is 33.8. The Kier molecular flexibility index (Phi) is 5.88. The third-order valence-electron chi connectivity index (χ3n) is 4.83. The fourth-order valence-electron chi connectivity index (χ4n) is 3.32. The number of hydrogen-bond donors (Lipinski definition) is 0. The largest absolute Gasteiger partial charge is 0.378 e. The maximum atomic E-state index is 12.8. The predicted molar refractivity (Wildman–Crippen MR) is 113 cm³/mol. The fraction of sp³-hybridized carbons (Fsp3) is 0.529. The van der Waals surface area contributed by atoms with Crippen LogP contribution in [0, 0.1) is 6.92 Å². The number of morpholine rings is 1. The highest BCUT2D eigenvalue weighted by Crippen LogP contribution is 2.29. The Morgan fingerprint density at radius 3 is 2.39 bits per heavy atom. The van der Waals surface area contributed by atoms with E-state index in [2.05, 4.69) is 30.7 Å². The van der Waals surface area contributed by atoms with Crippen LogP contribution in [-0.4, -0.2) is 75.2 Å². The average molecular weight is 488 g/mol. The lowest BCUT2D eigenvalue weighted by atomic mass is 10.3. The number of rotatable bonds is 4. The van der Waals surface area contributed by atoms with E-state index in [1.807, 2.05) is 13.0 Å². The predicted octanol–water partition coefficient (Wildman–Crippen LogP) is 1.96. The minimum atomic E-state index is -3.44. The molecule has 2 aliphatic heterocycles. The van der Waals surface area contributed by atoms with Crippen LogP contribution in [0.15, 0.2) is 26.2 Å². The van der Waals surface area contributed by atoms with Gasteiger partial charge in [0.1, 0.15) is 10.0 Å². The lowest BCUT2D eigenvalue weighted by Gasteiger charge is -2.35. The Morgan fingerprint density at radius 1 is 1.04 bits per heavy atom. The standard InChI is InChI=1S/C17H22BrN5O3S2/c1-13-12-15(20-17(19-13)22-8-10-26-11-9-22)21-4-6-23(7-5-21)28(24,25)16-3-2-14(18)27-16/h2-3,12H,4-11H2,1H3. The summed E-state index contributed by atoms with van der Waals surface area (Å²) >= 11 is 4.58. The van der Waals surface area contributed by atoms with E-state index in [9.17, 15) is 8.42 Å². The highest BCUT2D eigenvalue weighted by molar-refractivity contribution is 9.11. The lowest BCUT2D eigenvalue weighted by molar-refractivity contribution is 0.122.